The van der Waals surface area contributed by atoms with E-state index in [9.17, 15) is 10.1 Å². The first-order valence-electron chi connectivity index (χ1n) is 6.23. The summed E-state index contributed by atoms with van der Waals surface area (Å²) in [4.78, 5) is 13.6. The molecule has 1 saturated carbocycles. The zero-order valence-electron chi connectivity index (χ0n) is 10.8. The maximum Gasteiger partial charge on any atom is 0.324 e. The summed E-state index contributed by atoms with van der Waals surface area (Å²) in [6.45, 7) is 3.84. The fourth-order valence-electron chi connectivity index (χ4n) is 1.95. The van der Waals surface area contributed by atoms with Gasteiger partial charge in [-0.15, -0.1) is 0 Å². The fraction of sp³-hybridized carbons (Fsp3) is 0.667. The van der Waals surface area contributed by atoms with E-state index in [1.54, 1.807) is 6.07 Å². The van der Waals surface area contributed by atoms with Gasteiger partial charge in [0.05, 0.1) is 4.92 Å². The predicted octanol–water partition coefficient (Wildman–Crippen LogP) is 2.23. The topological polar surface area (TPSA) is 58.4 Å². The monoisotopic (exact) mass is 269 g/mol. The van der Waals surface area contributed by atoms with Crippen molar-refractivity contribution in [3.63, 3.8) is 0 Å². The minimum atomic E-state index is -0.336. The Labute approximate surface area is 111 Å². The van der Waals surface area contributed by atoms with Crippen LogP contribution in [0.25, 0.3) is 0 Å². The van der Waals surface area contributed by atoms with Gasteiger partial charge in [-0.25, -0.2) is 0 Å². The first kappa shape index (κ1) is 13.5. The molecule has 0 spiro atoms. The van der Waals surface area contributed by atoms with Gasteiger partial charge in [0.2, 0.25) is 0 Å². The van der Waals surface area contributed by atoms with E-state index in [2.05, 4.69) is 24.2 Å². The lowest BCUT2D eigenvalue weighted by atomic mass is 10.3. The van der Waals surface area contributed by atoms with E-state index >= 15 is 0 Å². The highest BCUT2D eigenvalue weighted by atomic mass is 32.1. The molecular weight excluding hydrogens is 250 g/mol. The highest BCUT2D eigenvalue weighted by Gasteiger charge is 2.28. The molecule has 1 fully saturated rings. The summed E-state index contributed by atoms with van der Waals surface area (Å²) in [7, 11) is 2.17. The molecule has 1 aromatic rings. The van der Waals surface area contributed by atoms with Gasteiger partial charge in [-0.1, -0.05) is 11.3 Å². The maximum atomic E-state index is 10.6. The van der Waals surface area contributed by atoms with Crippen molar-refractivity contribution >= 4 is 16.3 Å². The average molecular weight is 269 g/mol. The highest BCUT2D eigenvalue weighted by Crippen LogP contribution is 2.27. The molecule has 0 bridgehead atoms. The first-order valence-corrected chi connectivity index (χ1v) is 7.05. The van der Waals surface area contributed by atoms with Gasteiger partial charge in [0, 0.05) is 36.1 Å². The van der Waals surface area contributed by atoms with E-state index in [-0.39, 0.29) is 9.92 Å². The van der Waals surface area contributed by atoms with Crippen LogP contribution in [0.3, 0.4) is 0 Å². The summed E-state index contributed by atoms with van der Waals surface area (Å²) in [5.41, 5.74) is 0. The molecule has 1 N–H and O–H groups in total. The molecule has 0 saturated heterocycles. The summed E-state index contributed by atoms with van der Waals surface area (Å²) in [5.74, 6) is 0. The Morgan fingerprint density at radius 3 is 2.89 bits per heavy atom. The minimum absolute atomic E-state index is 0.218. The second-order valence-corrected chi connectivity index (χ2v) is 6.02. The first-order chi connectivity index (χ1) is 8.58. The molecule has 1 aliphatic rings. The standard InChI is InChI=1S/C12H19N3O2S/c1-9(14(2)10-3-4-10)7-13-8-11-5-6-12(18-11)15(16)17/h5-6,9-10,13H,3-4,7-8H2,1-2H3. The van der Waals surface area contributed by atoms with Gasteiger partial charge in [0.25, 0.3) is 0 Å². The van der Waals surface area contributed by atoms with Crippen molar-refractivity contribution in [2.24, 2.45) is 0 Å². The third-order valence-electron chi connectivity index (χ3n) is 3.38. The molecular formula is C12H19N3O2S. The van der Waals surface area contributed by atoms with Crippen molar-refractivity contribution in [3.05, 3.63) is 27.1 Å². The van der Waals surface area contributed by atoms with E-state index in [1.165, 1.54) is 24.2 Å². The van der Waals surface area contributed by atoms with E-state index in [0.29, 0.717) is 12.6 Å². The van der Waals surface area contributed by atoms with Crippen LogP contribution >= 0.6 is 11.3 Å². The lowest BCUT2D eigenvalue weighted by molar-refractivity contribution is -0.380. The van der Waals surface area contributed by atoms with Crippen LogP contribution in [-0.4, -0.2) is 35.5 Å². The van der Waals surface area contributed by atoms with E-state index in [4.69, 9.17) is 0 Å². The second kappa shape index (κ2) is 5.77. The molecule has 0 aliphatic heterocycles. The quantitative estimate of drug-likeness (QED) is 0.609. The molecule has 1 aliphatic carbocycles. The Morgan fingerprint density at radius 2 is 2.33 bits per heavy atom. The van der Waals surface area contributed by atoms with E-state index in [0.717, 1.165) is 17.5 Å². The van der Waals surface area contributed by atoms with Crippen LogP contribution in [0.5, 0.6) is 0 Å². The van der Waals surface area contributed by atoms with Crippen LogP contribution in [0.2, 0.25) is 0 Å². The molecule has 1 heterocycles. The lowest BCUT2D eigenvalue weighted by Gasteiger charge is -2.24. The Balaban J connectivity index is 1.72. The van der Waals surface area contributed by atoms with Gasteiger partial charge >= 0.3 is 5.00 Å². The summed E-state index contributed by atoms with van der Waals surface area (Å²) < 4.78 is 0. The molecule has 18 heavy (non-hydrogen) atoms. The van der Waals surface area contributed by atoms with Crippen molar-refractivity contribution in [1.82, 2.24) is 10.2 Å². The Bertz CT molecular complexity index is 417. The summed E-state index contributed by atoms with van der Waals surface area (Å²) in [6, 6.07) is 4.67. The number of hydrogen-bond donors (Lipinski definition) is 1. The van der Waals surface area contributed by atoms with Crippen LogP contribution in [0.1, 0.15) is 24.6 Å². The number of nitrogens with one attached hydrogen (secondary N) is 1. The van der Waals surface area contributed by atoms with Crippen molar-refractivity contribution in [1.29, 1.82) is 0 Å². The third-order valence-corrected chi connectivity index (χ3v) is 4.42. The van der Waals surface area contributed by atoms with Crippen molar-refractivity contribution in [2.45, 2.75) is 38.4 Å². The van der Waals surface area contributed by atoms with Crippen molar-refractivity contribution < 1.29 is 4.92 Å². The van der Waals surface area contributed by atoms with Crippen LogP contribution in [0.4, 0.5) is 5.00 Å². The van der Waals surface area contributed by atoms with Crippen molar-refractivity contribution in [2.75, 3.05) is 13.6 Å². The summed E-state index contributed by atoms with van der Waals surface area (Å²) in [6.07, 6.45) is 2.63. The lowest BCUT2D eigenvalue weighted by Crippen LogP contribution is -2.38. The zero-order valence-corrected chi connectivity index (χ0v) is 11.6. The molecule has 1 aromatic heterocycles. The smallest absolute Gasteiger partial charge is 0.310 e. The third kappa shape index (κ3) is 3.51. The van der Waals surface area contributed by atoms with Crippen LogP contribution in [0.15, 0.2) is 12.1 Å². The Kier molecular flexibility index (Phi) is 4.31. The zero-order chi connectivity index (χ0) is 13.1. The molecule has 6 heteroatoms. The predicted molar refractivity (Wildman–Crippen MR) is 72.9 cm³/mol. The van der Waals surface area contributed by atoms with Gasteiger partial charge in [0.1, 0.15) is 0 Å². The molecule has 5 nitrogen and oxygen atoms in total. The number of rotatable bonds is 7. The second-order valence-electron chi connectivity index (χ2n) is 4.87. The average Bonchev–Trinajstić information content (AvgIpc) is 3.07. The maximum absolute atomic E-state index is 10.6. The van der Waals surface area contributed by atoms with Crippen molar-refractivity contribution in [3.8, 4) is 0 Å². The highest BCUT2D eigenvalue weighted by molar-refractivity contribution is 7.15. The largest absolute Gasteiger partial charge is 0.324 e. The minimum Gasteiger partial charge on any atom is -0.310 e. The number of nitro groups is 1. The van der Waals surface area contributed by atoms with Gasteiger partial charge in [0.15, 0.2) is 0 Å². The molecule has 1 atom stereocenters. The molecule has 0 radical (unpaired) electrons. The Hall–Kier alpha value is -0.980. The van der Waals surface area contributed by atoms with E-state index < -0.39 is 0 Å². The number of nitrogens with zero attached hydrogens (tertiary/aromatic N) is 2. The Morgan fingerprint density at radius 1 is 1.61 bits per heavy atom. The molecule has 100 valence electrons. The molecule has 0 amide bonds. The number of likely N-dealkylation sites (N-methyl/N-ethyl adjacent to an activating group) is 1. The fourth-order valence-corrected chi connectivity index (χ4v) is 2.74. The summed E-state index contributed by atoms with van der Waals surface area (Å²) >= 11 is 1.24. The van der Waals surface area contributed by atoms with Gasteiger partial charge < -0.3 is 5.32 Å². The van der Waals surface area contributed by atoms with Crippen LogP contribution in [0, 0.1) is 10.1 Å². The summed E-state index contributed by atoms with van der Waals surface area (Å²) in [5, 5.41) is 14.1. The van der Waals surface area contributed by atoms with E-state index in [1.807, 2.05) is 6.07 Å². The number of thiophene rings is 1. The number of hydrogen-bond acceptors (Lipinski definition) is 5. The van der Waals surface area contributed by atoms with Gasteiger partial charge in [-0.3, -0.25) is 15.0 Å². The van der Waals surface area contributed by atoms with Gasteiger partial charge in [-0.05, 0) is 32.9 Å². The molecule has 0 aromatic carbocycles. The SMILES string of the molecule is CC(CNCc1ccc([N+](=O)[O-])s1)N(C)C1CC1. The normalized spacial score (nSPS) is 17.1. The molecule has 1 unspecified atom stereocenters. The van der Waals surface area contributed by atoms with Crippen LogP contribution < -0.4 is 5.32 Å². The van der Waals surface area contributed by atoms with Gasteiger partial charge in [-0.2, -0.15) is 0 Å². The molecule has 2 rings (SSSR count). The van der Waals surface area contributed by atoms with Crippen LogP contribution in [-0.2, 0) is 6.54 Å².